The maximum Gasteiger partial charge on any atom is 0.0462 e. The number of rotatable bonds is 6. The molecule has 20 heavy (non-hydrogen) atoms. The molecule has 0 radical (unpaired) electrons. The number of benzene rings is 2. The van der Waals surface area contributed by atoms with Gasteiger partial charge in [-0.25, -0.2) is 0 Å². The third-order valence-electron chi connectivity index (χ3n) is 3.85. The Kier molecular flexibility index (Phi) is 5.58. The zero-order chi connectivity index (χ0) is 14.5. The number of hydrogen-bond acceptors (Lipinski definition) is 2. The van der Waals surface area contributed by atoms with E-state index in [-0.39, 0.29) is 6.04 Å². The zero-order valence-corrected chi connectivity index (χ0v) is 13.8. The van der Waals surface area contributed by atoms with E-state index in [0.717, 1.165) is 10.9 Å². The van der Waals surface area contributed by atoms with Crippen molar-refractivity contribution >= 4 is 26.7 Å². The number of nitrogens with two attached hydrogens (primary N) is 1. The summed E-state index contributed by atoms with van der Waals surface area (Å²) in [6.45, 7) is 4.53. The fourth-order valence-electron chi connectivity index (χ4n) is 2.77. The van der Waals surface area contributed by atoms with Gasteiger partial charge in [0.1, 0.15) is 0 Å². The van der Waals surface area contributed by atoms with Crippen LogP contribution in [0.3, 0.4) is 0 Å². The molecule has 0 aromatic heterocycles. The summed E-state index contributed by atoms with van der Waals surface area (Å²) in [6.07, 6.45) is 3.55. The molecule has 2 unspecified atom stereocenters. The lowest BCUT2D eigenvalue weighted by Gasteiger charge is -2.21. The average molecular weight is 335 g/mol. The molecule has 0 saturated carbocycles. The lowest BCUT2D eigenvalue weighted by Crippen LogP contribution is -2.29. The summed E-state index contributed by atoms with van der Waals surface area (Å²) in [5.74, 6) is 6.44. The maximum atomic E-state index is 5.76. The Labute approximate surface area is 129 Å². The van der Waals surface area contributed by atoms with E-state index >= 15 is 0 Å². The van der Waals surface area contributed by atoms with E-state index < -0.39 is 0 Å². The molecule has 3 heteroatoms. The topological polar surface area (TPSA) is 38.0 Å². The first kappa shape index (κ1) is 15.5. The quantitative estimate of drug-likeness (QED) is 0.580. The van der Waals surface area contributed by atoms with Gasteiger partial charge in [-0.15, -0.1) is 0 Å². The minimum Gasteiger partial charge on any atom is -0.271 e. The molecule has 2 rings (SSSR count). The van der Waals surface area contributed by atoms with Crippen molar-refractivity contribution in [2.75, 3.05) is 0 Å². The Bertz CT molecular complexity index is 568. The standard InChI is InChI=1S/C17H23BrN2/c1-3-4-12(2)9-17(20-19)15-6-5-14-11-16(18)8-7-13(14)10-15/h5-8,10-12,17,20H,3-4,9,19H2,1-2H3. The van der Waals surface area contributed by atoms with Crippen LogP contribution in [0, 0.1) is 5.92 Å². The van der Waals surface area contributed by atoms with Gasteiger partial charge in [0.05, 0.1) is 0 Å². The van der Waals surface area contributed by atoms with E-state index in [1.807, 2.05) is 0 Å². The molecular weight excluding hydrogens is 312 g/mol. The molecule has 0 saturated heterocycles. The fourth-order valence-corrected chi connectivity index (χ4v) is 3.14. The van der Waals surface area contributed by atoms with Gasteiger partial charge in [0, 0.05) is 10.5 Å². The zero-order valence-electron chi connectivity index (χ0n) is 12.2. The van der Waals surface area contributed by atoms with Crippen molar-refractivity contribution in [1.29, 1.82) is 0 Å². The Morgan fingerprint density at radius 1 is 1.15 bits per heavy atom. The van der Waals surface area contributed by atoms with Crippen LogP contribution in [0.15, 0.2) is 40.9 Å². The van der Waals surface area contributed by atoms with Gasteiger partial charge in [-0.3, -0.25) is 11.3 Å². The van der Waals surface area contributed by atoms with Gasteiger partial charge < -0.3 is 0 Å². The first-order chi connectivity index (χ1) is 9.63. The van der Waals surface area contributed by atoms with Crippen LogP contribution in [-0.4, -0.2) is 0 Å². The fraction of sp³-hybridized carbons (Fsp3) is 0.412. The van der Waals surface area contributed by atoms with Crippen molar-refractivity contribution in [3.8, 4) is 0 Å². The molecule has 0 bridgehead atoms. The van der Waals surface area contributed by atoms with Crippen LogP contribution >= 0.6 is 15.9 Å². The molecule has 0 spiro atoms. The Balaban J connectivity index is 2.23. The first-order valence-electron chi connectivity index (χ1n) is 7.29. The highest BCUT2D eigenvalue weighted by molar-refractivity contribution is 9.10. The predicted molar refractivity (Wildman–Crippen MR) is 90.4 cm³/mol. The number of fused-ring (bicyclic) bond motifs is 1. The van der Waals surface area contributed by atoms with Gasteiger partial charge in [0.2, 0.25) is 0 Å². The van der Waals surface area contributed by atoms with E-state index in [0.29, 0.717) is 5.92 Å². The Morgan fingerprint density at radius 3 is 2.55 bits per heavy atom. The minimum atomic E-state index is 0.226. The van der Waals surface area contributed by atoms with Gasteiger partial charge in [-0.2, -0.15) is 0 Å². The molecule has 2 aromatic rings. The maximum absolute atomic E-state index is 5.76. The van der Waals surface area contributed by atoms with Crippen molar-refractivity contribution in [2.45, 2.75) is 39.2 Å². The lowest BCUT2D eigenvalue weighted by molar-refractivity contribution is 0.395. The number of hydrogen-bond donors (Lipinski definition) is 2. The van der Waals surface area contributed by atoms with Crippen LogP contribution in [0.25, 0.3) is 10.8 Å². The summed E-state index contributed by atoms with van der Waals surface area (Å²) < 4.78 is 1.11. The van der Waals surface area contributed by atoms with Crippen molar-refractivity contribution < 1.29 is 0 Å². The largest absolute Gasteiger partial charge is 0.271 e. The monoisotopic (exact) mass is 334 g/mol. The van der Waals surface area contributed by atoms with Crippen LogP contribution in [0.2, 0.25) is 0 Å². The van der Waals surface area contributed by atoms with Crippen LogP contribution in [-0.2, 0) is 0 Å². The molecular formula is C17H23BrN2. The Hall–Kier alpha value is -0.900. The predicted octanol–water partition coefficient (Wildman–Crippen LogP) is 4.93. The summed E-state index contributed by atoms with van der Waals surface area (Å²) in [5, 5.41) is 2.51. The summed E-state index contributed by atoms with van der Waals surface area (Å²) in [4.78, 5) is 0. The number of nitrogens with one attached hydrogen (secondary N) is 1. The third kappa shape index (κ3) is 3.81. The molecule has 2 nitrogen and oxygen atoms in total. The second-order valence-corrected chi connectivity index (χ2v) is 6.52. The van der Waals surface area contributed by atoms with Gasteiger partial charge in [-0.05, 0) is 46.9 Å². The lowest BCUT2D eigenvalue weighted by atomic mass is 9.92. The van der Waals surface area contributed by atoms with Crippen LogP contribution in [0.4, 0.5) is 0 Å². The SMILES string of the molecule is CCCC(C)CC(NN)c1ccc2cc(Br)ccc2c1. The molecule has 0 amide bonds. The normalized spacial score (nSPS) is 14.4. The van der Waals surface area contributed by atoms with Crippen molar-refractivity contribution in [3.05, 3.63) is 46.4 Å². The van der Waals surface area contributed by atoms with Crippen molar-refractivity contribution in [1.82, 2.24) is 5.43 Å². The molecule has 0 aliphatic heterocycles. The van der Waals surface area contributed by atoms with Gasteiger partial charge in [-0.1, -0.05) is 60.8 Å². The molecule has 0 heterocycles. The van der Waals surface area contributed by atoms with Crippen LogP contribution in [0.5, 0.6) is 0 Å². The summed E-state index contributed by atoms with van der Waals surface area (Å²) in [6, 6.07) is 13.2. The van der Waals surface area contributed by atoms with Gasteiger partial charge in [0.25, 0.3) is 0 Å². The number of halogens is 1. The average Bonchev–Trinajstić information content (AvgIpc) is 2.44. The summed E-state index contributed by atoms with van der Waals surface area (Å²) in [7, 11) is 0. The highest BCUT2D eigenvalue weighted by atomic mass is 79.9. The van der Waals surface area contributed by atoms with Crippen LogP contribution in [0.1, 0.15) is 44.7 Å². The summed E-state index contributed by atoms with van der Waals surface area (Å²) >= 11 is 3.51. The molecule has 0 fully saturated rings. The minimum absolute atomic E-state index is 0.226. The molecule has 0 aliphatic carbocycles. The van der Waals surface area contributed by atoms with Crippen molar-refractivity contribution in [3.63, 3.8) is 0 Å². The van der Waals surface area contributed by atoms with Crippen molar-refractivity contribution in [2.24, 2.45) is 11.8 Å². The molecule has 0 aliphatic rings. The molecule has 2 atom stereocenters. The summed E-state index contributed by atoms with van der Waals surface area (Å²) in [5.41, 5.74) is 4.24. The second-order valence-electron chi connectivity index (χ2n) is 5.60. The second kappa shape index (κ2) is 7.21. The highest BCUT2D eigenvalue weighted by Gasteiger charge is 2.14. The van der Waals surface area contributed by atoms with E-state index in [1.54, 1.807) is 0 Å². The van der Waals surface area contributed by atoms with E-state index in [2.05, 4.69) is 71.6 Å². The van der Waals surface area contributed by atoms with Gasteiger partial charge in [0.15, 0.2) is 0 Å². The number of hydrazine groups is 1. The molecule has 108 valence electrons. The van der Waals surface area contributed by atoms with Gasteiger partial charge >= 0.3 is 0 Å². The smallest absolute Gasteiger partial charge is 0.0462 e. The first-order valence-corrected chi connectivity index (χ1v) is 8.08. The Morgan fingerprint density at radius 2 is 1.85 bits per heavy atom. The van der Waals surface area contributed by atoms with E-state index in [9.17, 15) is 0 Å². The molecule has 3 N–H and O–H groups in total. The van der Waals surface area contributed by atoms with E-state index in [4.69, 9.17) is 5.84 Å². The van der Waals surface area contributed by atoms with E-state index in [1.165, 1.54) is 29.2 Å². The molecule has 2 aromatic carbocycles. The van der Waals surface area contributed by atoms with Crippen LogP contribution < -0.4 is 11.3 Å². The highest BCUT2D eigenvalue weighted by Crippen LogP contribution is 2.27. The third-order valence-corrected chi connectivity index (χ3v) is 4.34.